The topological polar surface area (TPSA) is 84.9 Å². The lowest BCUT2D eigenvalue weighted by Crippen LogP contribution is -2.47. The summed E-state index contributed by atoms with van der Waals surface area (Å²) in [7, 11) is -0.683. The fraction of sp³-hybridized carbons (Fsp3) is 0.350. The van der Waals surface area contributed by atoms with Crippen LogP contribution in [0, 0.1) is 6.92 Å². The second-order valence-electron chi connectivity index (χ2n) is 6.37. The van der Waals surface area contributed by atoms with Crippen LogP contribution in [0.5, 0.6) is 11.5 Å². The van der Waals surface area contributed by atoms with E-state index in [0.717, 1.165) is 16.1 Å². The monoisotopic (exact) mass is 406 g/mol. The molecule has 0 aromatic heterocycles. The number of hydrogen-bond acceptors (Lipinski definition) is 5. The third-order valence-electron chi connectivity index (χ3n) is 4.28. The van der Waals surface area contributed by atoms with E-state index in [-0.39, 0.29) is 0 Å². The van der Waals surface area contributed by atoms with Crippen molar-refractivity contribution in [2.45, 2.75) is 26.3 Å². The van der Waals surface area contributed by atoms with Gasteiger partial charge < -0.3 is 14.8 Å². The molecule has 0 aliphatic carbocycles. The van der Waals surface area contributed by atoms with Gasteiger partial charge in [-0.2, -0.15) is 0 Å². The quantitative estimate of drug-likeness (QED) is 0.728. The normalized spacial score (nSPS) is 12.2. The number of nitrogens with zero attached hydrogens (tertiary/aromatic N) is 1. The van der Waals surface area contributed by atoms with Crippen molar-refractivity contribution in [1.82, 2.24) is 0 Å². The number of anilines is 2. The molecule has 0 heterocycles. The first kappa shape index (κ1) is 21.6. The Morgan fingerprint density at radius 2 is 1.75 bits per heavy atom. The molecule has 8 heteroatoms. The van der Waals surface area contributed by atoms with Gasteiger partial charge in [-0.05, 0) is 37.6 Å². The van der Waals surface area contributed by atoms with Gasteiger partial charge in [-0.25, -0.2) is 8.42 Å². The summed E-state index contributed by atoms with van der Waals surface area (Å²) in [6.45, 7) is 3.67. The molecule has 152 valence electrons. The van der Waals surface area contributed by atoms with Crippen molar-refractivity contribution in [2.24, 2.45) is 0 Å². The lowest BCUT2D eigenvalue weighted by Gasteiger charge is -2.30. The molecule has 28 heavy (non-hydrogen) atoms. The molecule has 1 amide bonds. The van der Waals surface area contributed by atoms with E-state index in [9.17, 15) is 13.2 Å². The number of carbonyl (C=O) groups excluding carboxylic acids is 1. The first-order chi connectivity index (χ1) is 13.2. The Bertz CT molecular complexity index is 926. The van der Waals surface area contributed by atoms with Crippen LogP contribution in [0.4, 0.5) is 11.4 Å². The number of methoxy groups -OCH3 is 2. The van der Waals surface area contributed by atoms with Gasteiger partial charge in [-0.3, -0.25) is 9.10 Å². The Morgan fingerprint density at radius 3 is 2.25 bits per heavy atom. The highest BCUT2D eigenvalue weighted by Crippen LogP contribution is 2.30. The summed E-state index contributed by atoms with van der Waals surface area (Å²) in [5.74, 6) is 0.535. The van der Waals surface area contributed by atoms with E-state index in [0.29, 0.717) is 29.3 Å². The number of sulfonamides is 1. The van der Waals surface area contributed by atoms with Gasteiger partial charge >= 0.3 is 0 Å². The van der Waals surface area contributed by atoms with Crippen molar-refractivity contribution in [1.29, 1.82) is 0 Å². The van der Waals surface area contributed by atoms with Gasteiger partial charge in [-0.1, -0.05) is 24.6 Å². The summed E-state index contributed by atoms with van der Waals surface area (Å²) < 4.78 is 36.6. The van der Waals surface area contributed by atoms with Crippen molar-refractivity contribution in [3.63, 3.8) is 0 Å². The first-order valence-electron chi connectivity index (χ1n) is 8.80. The highest BCUT2D eigenvalue weighted by Gasteiger charge is 2.32. The molecule has 7 nitrogen and oxygen atoms in total. The van der Waals surface area contributed by atoms with Crippen molar-refractivity contribution in [3.8, 4) is 11.5 Å². The van der Waals surface area contributed by atoms with Crippen LogP contribution in [0.1, 0.15) is 18.9 Å². The third kappa shape index (κ3) is 4.95. The van der Waals surface area contributed by atoms with E-state index in [1.165, 1.54) is 14.2 Å². The van der Waals surface area contributed by atoms with Crippen LogP contribution in [0.25, 0.3) is 0 Å². The number of ether oxygens (including phenoxy) is 2. The summed E-state index contributed by atoms with van der Waals surface area (Å²) in [5.41, 5.74) is 1.84. The molecule has 0 fully saturated rings. The Balaban J connectivity index is 2.41. The molecule has 0 aliphatic heterocycles. The van der Waals surface area contributed by atoms with Crippen molar-refractivity contribution in [2.75, 3.05) is 30.1 Å². The average molecular weight is 407 g/mol. The number of nitrogens with one attached hydrogen (secondary N) is 1. The van der Waals surface area contributed by atoms with E-state index in [1.54, 1.807) is 37.3 Å². The van der Waals surface area contributed by atoms with Crippen LogP contribution < -0.4 is 19.1 Å². The summed E-state index contributed by atoms with van der Waals surface area (Å²) in [5, 5.41) is 2.77. The number of amides is 1. The Hall–Kier alpha value is -2.74. The Morgan fingerprint density at radius 1 is 1.11 bits per heavy atom. The highest BCUT2D eigenvalue weighted by molar-refractivity contribution is 7.92. The second-order valence-corrected chi connectivity index (χ2v) is 8.23. The van der Waals surface area contributed by atoms with Crippen LogP contribution in [0.3, 0.4) is 0 Å². The standard InChI is InChI=1S/C20H26N2O5S/c1-6-18(22(28(5,24)25)15-9-7-14(2)8-10-15)20(23)21-17-13-16(26-3)11-12-19(17)27-4/h7-13,18H,6H2,1-5H3,(H,21,23). The molecule has 1 N–H and O–H groups in total. The zero-order chi connectivity index (χ0) is 20.9. The lowest BCUT2D eigenvalue weighted by molar-refractivity contribution is -0.117. The van der Waals surface area contributed by atoms with Crippen molar-refractivity contribution < 1.29 is 22.7 Å². The zero-order valence-corrected chi connectivity index (χ0v) is 17.5. The second kappa shape index (κ2) is 8.97. The number of hydrogen-bond donors (Lipinski definition) is 1. The fourth-order valence-electron chi connectivity index (χ4n) is 2.88. The van der Waals surface area contributed by atoms with Crippen LogP contribution >= 0.6 is 0 Å². The minimum Gasteiger partial charge on any atom is -0.497 e. The van der Waals surface area contributed by atoms with E-state index >= 15 is 0 Å². The van der Waals surface area contributed by atoms with Gasteiger partial charge in [0.15, 0.2) is 0 Å². The molecular weight excluding hydrogens is 380 g/mol. The fourth-order valence-corrected chi connectivity index (χ4v) is 4.09. The van der Waals surface area contributed by atoms with Crippen molar-refractivity contribution >= 4 is 27.3 Å². The number of benzene rings is 2. The zero-order valence-electron chi connectivity index (χ0n) is 16.7. The molecule has 0 aliphatic rings. The van der Waals surface area contributed by atoms with Crippen molar-refractivity contribution in [3.05, 3.63) is 48.0 Å². The maximum atomic E-state index is 13.0. The highest BCUT2D eigenvalue weighted by atomic mass is 32.2. The van der Waals surface area contributed by atoms with E-state index in [1.807, 2.05) is 19.1 Å². The molecule has 2 rings (SSSR count). The molecule has 2 aromatic carbocycles. The Kier molecular flexibility index (Phi) is 6.90. The lowest BCUT2D eigenvalue weighted by atomic mass is 10.1. The molecular formula is C20H26N2O5S. The molecule has 0 saturated heterocycles. The maximum Gasteiger partial charge on any atom is 0.248 e. The number of carbonyl (C=O) groups is 1. The van der Waals surface area contributed by atoms with Gasteiger partial charge in [-0.15, -0.1) is 0 Å². The molecule has 0 saturated carbocycles. The van der Waals surface area contributed by atoms with E-state index in [2.05, 4.69) is 5.32 Å². The molecule has 1 atom stereocenters. The van der Waals surface area contributed by atoms with Crippen LogP contribution in [0.2, 0.25) is 0 Å². The van der Waals surface area contributed by atoms with Crippen LogP contribution in [-0.4, -0.2) is 40.8 Å². The molecule has 0 spiro atoms. The first-order valence-corrected chi connectivity index (χ1v) is 10.6. The van der Waals surface area contributed by atoms with Gasteiger partial charge in [0.2, 0.25) is 15.9 Å². The molecule has 2 aromatic rings. The SMILES string of the molecule is CCC(C(=O)Nc1cc(OC)ccc1OC)N(c1ccc(C)cc1)S(C)(=O)=O. The molecule has 0 radical (unpaired) electrons. The third-order valence-corrected chi connectivity index (χ3v) is 5.46. The smallest absolute Gasteiger partial charge is 0.248 e. The number of aryl methyl sites for hydroxylation is 1. The predicted octanol–water partition coefficient (Wildman–Crippen LogP) is 3.20. The average Bonchev–Trinajstić information content (AvgIpc) is 2.65. The van der Waals surface area contributed by atoms with Gasteiger partial charge in [0.05, 0.1) is 31.9 Å². The Labute approximate surface area is 166 Å². The maximum absolute atomic E-state index is 13.0. The largest absolute Gasteiger partial charge is 0.497 e. The van der Waals surface area contributed by atoms with Gasteiger partial charge in [0.25, 0.3) is 0 Å². The molecule has 0 bridgehead atoms. The van der Waals surface area contributed by atoms with Gasteiger partial charge in [0, 0.05) is 6.07 Å². The summed E-state index contributed by atoms with van der Waals surface area (Å²) >= 11 is 0. The van der Waals surface area contributed by atoms with E-state index < -0.39 is 22.0 Å². The predicted molar refractivity (Wildman–Crippen MR) is 111 cm³/mol. The summed E-state index contributed by atoms with van der Waals surface area (Å²) in [6.07, 6.45) is 1.38. The molecule has 1 unspecified atom stereocenters. The minimum atomic E-state index is -3.69. The number of rotatable bonds is 8. The summed E-state index contributed by atoms with van der Waals surface area (Å²) in [6, 6.07) is 11.1. The summed E-state index contributed by atoms with van der Waals surface area (Å²) in [4.78, 5) is 13.0. The van der Waals surface area contributed by atoms with Crippen LogP contribution in [-0.2, 0) is 14.8 Å². The minimum absolute atomic E-state index is 0.291. The van der Waals surface area contributed by atoms with Gasteiger partial charge in [0.1, 0.15) is 17.5 Å². The van der Waals surface area contributed by atoms with E-state index in [4.69, 9.17) is 9.47 Å². The van der Waals surface area contributed by atoms with Crippen LogP contribution in [0.15, 0.2) is 42.5 Å².